The van der Waals surface area contributed by atoms with Crippen LogP contribution in [0.1, 0.15) is 38.2 Å². The molecule has 2 aromatic carbocycles. The molecule has 0 heterocycles. The van der Waals surface area contributed by atoms with Crippen molar-refractivity contribution in [3.05, 3.63) is 73.8 Å². The molecular formula is C18H19N3O3. The second-order valence-electron chi connectivity index (χ2n) is 5.68. The highest BCUT2D eigenvalue weighted by Crippen LogP contribution is 2.19. The first-order valence-corrected chi connectivity index (χ1v) is 7.46. The predicted octanol–water partition coefficient (Wildman–Crippen LogP) is 3.59. The van der Waals surface area contributed by atoms with Gasteiger partial charge in [-0.15, -0.1) is 0 Å². The van der Waals surface area contributed by atoms with E-state index >= 15 is 0 Å². The molecule has 0 radical (unpaired) electrons. The fourth-order valence-corrected chi connectivity index (χ4v) is 2.29. The molecule has 0 spiro atoms. The Balaban J connectivity index is 2.15. The molecule has 0 aromatic heterocycles. The van der Waals surface area contributed by atoms with Gasteiger partial charge in [-0.2, -0.15) is 5.10 Å². The van der Waals surface area contributed by atoms with Crippen molar-refractivity contribution < 1.29 is 9.72 Å². The van der Waals surface area contributed by atoms with E-state index in [4.69, 9.17) is 0 Å². The largest absolute Gasteiger partial charge is 0.273 e. The summed E-state index contributed by atoms with van der Waals surface area (Å²) >= 11 is 0. The summed E-state index contributed by atoms with van der Waals surface area (Å²) in [7, 11) is 0. The van der Waals surface area contributed by atoms with Crippen molar-refractivity contribution in [2.75, 3.05) is 0 Å². The van der Waals surface area contributed by atoms with Gasteiger partial charge >= 0.3 is 0 Å². The molecule has 6 heteroatoms. The van der Waals surface area contributed by atoms with E-state index in [1.807, 2.05) is 32.9 Å². The van der Waals surface area contributed by atoms with Gasteiger partial charge in [0, 0.05) is 17.2 Å². The lowest BCUT2D eigenvalue weighted by molar-refractivity contribution is -0.385. The SMILES string of the molecule is Cc1ccc(C(=O)N/N=C\c2ccc(C)c(C)c2C)cc1[N+](=O)[O-]. The molecule has 0 unspecified atom stereocenters. The zero-order chi connectivity index (χ0) is 17.9. The molecule has 0 aliphatic rings. The van der Waals surface area contributed by atoms with E-state index in [0.29, 0.717) is 5.56 Å². The van der Waals surface area contributed by atoms with Crippen molar-refractivity contribution in [2.45, 2.75) is 27.7 Å². The standard InChI is InChI=1S/C18H19N3O3/c1-11-5-8-16(14(4)13(11)3)10-19-20-18(22)15-7-6-12(2)17(9-15)21(23)24/h5-10H,1-4H3,(H,20,22)/b19-10-. The van der Waals surface area contributed by atoms with E-state index in [1.54, 1.807) is 19.2 Å². The predicted molar refractivity (Wildman–Crippen MR) is 93.5 cm³/mol. The highest BCUT2D eigenvalue weighted by atomic mass is 16.6. The summed E-state index contributed by atoms with van der Waals surface area (Å²) in [5.41, 5.74) is 7.40. The van der Waals surface area contributed by atoms with Crippen LogP contribution >= 0.6 is 0 Å². The molecule has 1 N–H and O–H groups in total. The van der Waals surface area contributed by atoms with Gasteiger partial charge in [-0.25, -0.2) is 5.43 Å². The minimum absolute atomic E-state index is 0.0865. The Morgan fingerprint density at radius 2 is 1.75 bits per heavy atom. The first-order chi connectivity index (χ1) is 11.3. The zero-order valence-corrected chi connectivity index (χ0v) is 14.1. The van der Waals surface area contributed by atoms with E-state index in [0.717, 1.165) is 11.1 Å². The summed E-state index contributed by atoms with van der Waals surface area (Å²) in [5, 5.41) is 14.9. The number of amides is 1. The fraction of sp³-hybridized carbons (Fsp3) is 0.222. The summed E-state index contributed by atoms with van der Waals surface area (Å²) in [6, 6.07) is 8.26. The molecule has 2 rings (SSSR count). The van der Waals surface area contributed by atoms with Gasteiger partial charge in [0.2, 0.25) is 0 Å². The average molecular weight is 325 g/mol. The van der Waals surface area contributed by atoms with Gasteiger partial charge in [0.05, 0.1) is 11.1 Å². The molecule has 0 saturated heterocycles. The molecule has 0 aliphatic heterocycles. The van der Waals surface area contributed by atoms with Gasteiger partial charge in [-0.05, 0) is 56.0 Å². The highest BCUT2D eigenvalue weighted by Gasteiger charge is 2.14. The van der Waals surface area contributed by atoms with Crippen LogP contribution in [-0.2, 0) is 0 Å². The molecule has 24 heavy (non-hydrogen) atoms. The van der Waals surface area contributed by atoms with Crippen molar-refractivity contribution in [1.82, 2.24) is 5.43 Å². The lowest BCUT2D eigenvalue weighted by Gasteiger charge is -2.07. The number of carbonyl (C=O) groups is 1. The number of nitrogens with zero attached hydrogens (tertiary/aromatic N) is 2. The maximum Gasteiger partial charge on any atom is 0.273 e. The number of carbonyl (C=O) groups excluding carboxylic acids is 1. The van der Waals surface area contributed by atoms with Crippen molar-refractivity contribution in [3.63, 3.8) is 0 Å². The van der Waals surface area contributed by atoms with Crippen LogP contribution in [-0.4, -0.2) is 17.0 Å². The summed E-state index contributed by atoms with van der Waals surface area (Å²) in [6.45, 7) is 7.69. The quantitative estimate of drug-likeness (QED) is 0.529. The molecule has 2 aromatic rings. The van der Waals surface area contributed by atoms with Gasteiger partial charge in [0.25, 0.3) is 11.6 Å². The number of hydrogen-bond donors (Lipinski definition) is 1. The second kappa shape index (κ2) is 7.04. The molecule has 0 aliphatic carbocycles. The number of aryl methyl sites for hydroxylation is 2. The highest BCUT2D eigenvalue weighted by molar-refractivity contribution is 5.95. The summed E-state index contributed by atoms with van der Waals surface area (Å²) in [5.74, 6) is -0.490. The van der Waals surface area contributed by atoms with E-state index in [-0.39, 0.29) is 11.3 Å². The maximum atomic E-state index is 12.1. The Hall–Kier alpha value is -3.02. The van der Waals surface area contributed by atoms with Crippen LogP contribution in [0.15, 0.2) is 35.4 Å². The van der Waals surface area contributed by atoms with Gasteiger partial charge in [-0.1, -0.05) is 18.2 Å². The van der Waals surface area contributed by atoms with Crippen LogP contribution in [0, 0.1) is 37.8 Å². The van der Waals surface area contributed by atoms with E-state index in [1.165, 1.54) is 23.3 Å². The third kappa shape index (κ3) is 3.65. The normalized spacial score (nSPS) is 10.8. The van der Waals surface area contributed by atoms with Crippen LogP contribution in [0.5, 0.6) is 0 Å². The van der Waals surface area contributed by atoms with Crippen LogP contribution in [0.3, 0.4) is 0 Å². The lowest BCUT2D eigenvalue weighted by Crippen LogP contribution is -2.18. The topological polar surface area (TPSA) is 84.6 Å². The molecule has 1 amide bonds. The minimum atomic E-state index is -0.506. The molecule has 0 fully saturated rings. The number of nitrogens with one attached hydrogen (secondary N) is 1. The Bertz CT molecular complexity index is 842. The Morgan fingerprint density at radius 3 is 2.42 bits per heavy atom. The Kier molecular flexibility index (Phi) is 5.08. The first-order valence-electron chi connectivity index (χ1n) is 7.46. The molecule has 0 bridgehead atoms. The number of benzene rings is 2. The average Bonchev–Trinajstić information content (AvgIpc) is 2.54. The smallest absolute Gasteiger partial charge is 0.267 e. The molecule has 6 nitrogen and oxygen atoms in total. The van der Waals surface area contributed by atoms with Crippen molar-refractivity contribution in [2.24, 2.45) is 5.10 Å². The number of nitro groups is 1. The number of rotatable bonds is 4. The van der Waals surface area contributed by atoms with Gasteiger partial charge in [0.15, 0.2) is 0 Å². The van der Waals surface area contributed by atoms with Crippen LogP contribution < -0.4 is 5.43 Å². The van der Waals surface area contributed by atoms with Gasteiger partial charge in [-0.3, -0.25) is 14.9 Å². The fourth-order valence-electron chi connectivity index (χ4n) is 2.29. The zero-order valence-electron chi connectivity index (χ0n) is 14.1. The van der Waals surface area contributed by atoms with Crippen LogP contribution in [0.25, 0.3) is 0 Å². The third-order valence-corrected chi connectivity index (χ3v) is 4.14. The van der Waals surface area contributed by atoms with Gasteiger partial charge in [0.1, 0.15) is 0 Å². The monoisotopic (exact) mass is 325 g/mol. The van der Waals surface area contributed by atoms with Crippen molar-refractivity contribution in [1.29, 1.82) is 0 Å². The van der Waals surface area contributed by atoms with E-state index < -0.39 is 10.8 Å². The second-order valence-corrected chi connectivity index (χ2v) is 5.68. The Morgan fingerprint density at radius 1 is 1.08 bits per heavy atom. The summed E-state index contributed by atoms with van der Waals surface area (Å²) in [4.78, 5) is 22.5. The van der Waals surface area contributed by atoms with Crippen molar-refractivity contribution in [3.8, 4) is 0 Å². The van der Waals surface area contributed by atoms with E-state index in [2.05, 4.69) is 10.5 Å². The molecule has 0 saturated carbocycles. The van der Waals surface area contributed by atoms with Crippen LogP contribution in [0.4, 0.5) is 5.69 Å². The van der Waals surface area contributed by atoms with Gasteiger partial charge < -0.3 is 0 Å². The summed E-state index contributed by atoms with van der Waals surface area (Å²) in [6.07, 6.45) is 1.57. The maximum absolute atomic E-state index is 12.1. The Labute approximate surface area is 140 Å². The molecular weight excluding hydrogens is 306 g/mol. The number of hydrazone groups is 1. The lowest BCUT2D eigenvalue weighted by atomic mass is 10.00. The molecule has 124 valence electrons. The minimum Gasteiger partial charge on any atom is -0.267 e. The van der Waals surface area contributed by atoms with Crippen molar-refractivity contribution >= 4 is 17.8 Å². The first kappa shape index (κ1) is 17.3. The van der Waals surface area contributed by atoms with E-state index in [9.17, 15) is 14.9 Å². The molecule has 0 atom stereocenters. The summed E-state index contributed by atoms with van der Waals surface area (Å²) < 4.78 is 0. The number of nitro benzene ring substituents is 1. The third-order valence-electron chi connectivity index (χ3n) is 4.14. The van der Waals surface area contributed by atoms with Crippen LogP contribution in [0.2, 0.25) is 0 Å². The number of hydrogen-bond acceptors (Lipinski definition) is 4.